The highest BCUT2D eigenvalue weighted by Crippen LogP contribution is 2.20. The van der Waals surface area contributed by atoms with Crippen molar-refractivity contribution in [3.63, 3.8) is 0 Å². The molecule has 1 N–H and O–H groups in total. The Balaban J connectivity index is 2.05. The molecule has 0 fully saturated rings. The molecule has 0 unspecified atom stereocenters. The van der Waals surface area contributed by atoms with Crippen LogP contribution in [0.2, 0.25) is 0 Å². The summed E-state index contributed by atoms with van der Waals surface area (Å²) in [4.78, 5) is 5.63. The van der Waals surface area contributed by atoms with E-state index in [-0.39, 0.29) is 0 Å². The molecule has 0 aliphatic carbocycles. The smallest absolute Gasteiger partial charge is 0.207 e. The molecule has 2 rings (SSSR count). The molecule has 1 heterocycles. The lowest BCUT2D eigenvalue weighted by Gasteiger charge is -2.09. The maximum Gasteiger partial charge on any atom is 0.207 e. The van der Waals surface area contributed by atoms with Crippen LogP contribution in [0.3, 0.4) is 0 Å². The van der Waals surface area contributed by atoms with Crippen LogP contribution < -0.4 is 5.32 Å². The molecule has 0 bridgehead atoms. The van der Waals surface area contributed by atoms with Crippen LogP contribution in [0.25, 0.3) is 0 Å². The third-order valence-electron chi connectivity index (χ3n) is 2.81. The van der Waals surface area contributed by atoms with Gasteiger partial charge in [0.05, 0.1) is 0 Å². The first-order valence-corrected chi connectivity index (χ1v) is 7.48. The highest BCUT2D eigenvalue weighted by atomic mass is 32.2. The molecule has 0 saturated carbocycles. The fourth-order valence-corrected chi connectivity index (χ4v) is 2.15. The van der Waals surface area contributed by atoms with E-state index in [0.29, 0.717) is 0 Å². The number of hydrogen-bond acceptors (Lipinski definition) is 3. The van der Waals surface area contributed by atoms with Crippen molar-refractivity contribution in [3.8, 4) is 0 Å². The molecule has 4 heteroatoms. The molecule has 0 aliphatic heterocycles. The van der Waals surface area contributed by atoms with Gasteiger partial charge in [0.25, 0.3) is 0 Å². The number of rotatable bonds is 6. The van der Waals surface area contributed by atoms with Crippen molar-refractivity contribution < 1.29 is 0 Å². The molecule has 0 amide bonds. The zero-order valence-electron chi connectivity index (χ0n) is 10.9. The normalized spacial score (nSPS) is 10.6. The van der Waals surface area contributed by atoms with Crippen LogP contribution in [0, 0.1) is 0 Å². The van der Waals surface area contributed by atoms with Crippen LogP contribution >= 0.6 is 11.8 Å². The first-order valence-electron chi connectivity index (χ1n) is 6.25. The van der Waals surface area contributed by atoms with E-state index in [0.717, 1.165) is 18.2 Å². The Labute approximate surface area is 113 Å². The van der Waals surface area contributed by atoms with E-state index >= 15 is 0 Å². The van der Waals surface area contributed by atoms with E-state index in [9.17, 15) is 0 Å². The second-order valence-corrected chi connectivity index (χ2v) is 5.03. The number of benzene rings is 1. The number of thioether (sulfide) groups is 1. The second kappa shape index (κ2) is 6.50. The molecule has 3 nitrogen and oxygen atoms in total. The zero-order chi connectivity index (χ0) is 12.8. The number of anilines is 2. The van der Waals surface area contributed by atoms with Crippen molar-refractivity contribution in [1.82, 2.24) is 9.55 Å². The van der Waals surface area contributed by atoms with E-state index in [1.165, 1.54) is 17.7 Å². The largest absolute Gasteiger partial charge is 0.326 e. The molecule has 1 aromatic carbocycles. The number of imidazole rings is 1. The number of nitrogens with zero attached hydrogens (tertiary/aromatic N) is 2. The maximum absolute atomic E-state index is 4.35. The topological polar surface area (TPSA) is 29.9 Å². The van der Waals surface area contributed by atoms with Gasteiger partial charge in [-0.15, -0.1) is 11.8 Å². The Morgan fingerprint density at radius 1 is 1.28 bits per heavy atom. The van der Waals surface area contributed by atoms with Crippen LogP contribution in [0.4, 0.5) is 11.6 Å². The lowest BCUT2D eigenvalue weighted by atomic mass is 10.3. The average molecular weight is 261 g/mol. The minimum Gasteiger partial charge on any atom is -0.326 e. The SMILES string of the molecule is CCCCn1ccnc1Nc1ccc(SC)cc1. The first kappa shape index (κ1) is 13.0. The quantitative estimate of drug-likeness (QED) is 0.792. The van der Waals surface area contributed by atoms with Crippen molar-refractivity contribution in [2.24, 2.45) is 0 Å². The lowest BCUT2D eigenvalue weighted by molar-refractivity contribution is 0.638. The van der Waals surface area contributed by atoms with Crippen molar-refractivity contribution in [3.05, 3.63) is 36.7 Å². The molecule has 2 aromatic rings. The Morgan fingerprint density at radius 3 is 2.72 bits per heavy atom. The predicted molar refractivity (Wildman–Crippen MR) is 78.6 cm³/mol. The number of aryl methyl sites for hydroxylation is 1. The zero-order valence-corrected chi connectivity index (χ0v) is 11.7. The van der Waals surface area contributed by atoms with Gasteiger partial charge in [-0.1, -0.05) is 13.3 Å². The van der Waals surface area contributed by atoms with Gasteiger partial charge in [0.1, 0.15) is 0 Å². The van der Waals surface area contributed by atoms with Gasteiger partial charge in [0.2, 0.25) is 5.95 Å². The fraction of sp³-hybridized carbons (Fsp3) is 0.357. The van der Waals surface area contributed by atoms with E-state index in [4.69, 9.17) is 0 Å². The van der Waals surface area contributed by atoms with Crippen molar-refractivity contribution >= 4 is 23.4 Å². The summed E-state index contributed by atoms with van der Waals surface area (Å²) in [6.45, 7) is 3.22. The van der Waals surface area contributed by atoms with E-state index in [1.54, 1.807) is 11.8 Å². The summed E-state index contributed by atoms with van der Waals surface area (Å²) in [5, 5.41) is 3.36. The molecule has 0 aliphatic rings. The molecule has 18 heavy (non-hydrogen) atoms. The van der Waals surface area contributed by atoms with E-state index in [2.05, 4.69) is 52.3 Å². The molecular formula is C14H19N3S. The number of aromatic nitrogens is 2. The Kier molecular flexibility index (Phi) is 4.70. The molecule has 1 aromatic heterocycles. The minimum absolute atomic E-state index is 0.917. The molecule has 0 radical (unpaired) electrons. The summed E-state index contributed by atoms with van der Waals surface area (Å²) < 4.78 is 2.16. The highest BCUT2D eigenvalue weighted by molar-refractivity contribution is 7.98. The third kappa shape index (κ3) is 3.29. The highest BCUT2D eigenvalue weighted by Gasteiger charge is 2.02. The molecule has 0 saturated heterocycles. The van der Waals surface area contributed by atoms with Crippen molar-refractivity contribution in [2.75, 3.05) is 11.6 Å². The lowest BCUT2D eigenvalue weighted by Crippen LogP contribution is -2.03. The van der Waals surface area contributed by atoms with E-state index in [1.807, 2.05) is 12.4 Å². The van der Waals surface area contributed by atoms with Crippen LogP contribution in [-0.4, -0.2) is 15.8 Å². The van der Waals surface area contributed by atoms with Gasteiger partial charge < -0.3 is 9.88 Å². The Bertz CT molecular complexity index is 476. The number of hydrogen-bond donors (Lipinski definition) is 1. The fourth-order valence-electron chi connectivity index (χ4n) is 1.75. The number of unbranched alkanes of at least 4 members (excludes halogenated alkanes) is 1. The maximum atomic E-state index is 4.35. The van der Waals surface area contributed by atoms with Crippen LogP contribution in [0.5, 0.6) is 0 Å². The average Bonchev–Trinajstić information content (AvgIpc) is 2.84. The van der Waals surface area contributed by atoms with E-state index < -0.39 is 0 Å². The molecule has 0 spiro atoms. The molecule has 96 valence electrons. The van der Waals surface area contributed by atoms with Crippen LogP contribution in [0.15, 0.2) is 41.6 Å². The monoisotopic (exact) mass is 261 g/mol. The van der Waals surface area contributed by atoms with Gasteiger partial charge in [-0.05, 0) is 36.9 Å². The second-order valence-electron chi connectivity index (χ2n) is 4.15. The van der Waals surface area contributed by atoms with Gasteiger partial charge in [-0.25, -0.2) is 4.98 Å². The summed E-state index contributed by atoms with van der Waals surface area (Å²) >= 11 is 1.75. The van der Waals surface area contributed by atoms with Gasteiger partial charge in [0.15, 0.2) is 0 Å². The standard InChI is InChI=1S/C14H19N3S/c1-3-4-10-17-11-9-15-14(17)16-12-5-7-13(18-2)8-6-12/h5-9,11H,3-4,10H2,1-2H3,(H,15,16). The summed E-state index contributed by atoms with van der Waals surface area (Å²) in [5.41, 5.74) is 1.08. The predicted octanol–water partition coefficient (Wildman–Crippen LogP) is 4.15. The minimum atomic E-state index is 0.917. The first-order chi connectivity index (χ1) is 8.83. The summed E-state index contributed by atoms with van der Waals surface area (Å²) in [7, 11) is 0. The van der Waals surface area contributed by atoms with Gasteiger partial charge in [0, 0.05) is 29.5 Å². The molecule has 0 atom stereocenters. The van der Waals surface area contributed by atoms with Crippen molar-refractivity contribution in [1.29, 1.82) is 0 Å². The van der Waals surface area contributed by atoms with Gasteiger partial charge >= 0.3 is 0 Å². The van der Waals surface area contributed by atoms with Crippen LogP contribution in [-0.2, 0) is 6.54 Å². The molecular weight excluding hydrogens is 242 g/mol. The Morgan fingerprint density at radius 2 is 2.06 bits per heavy atom. The van der Waals surface area contributed by atoms with Crippen LogP contribution in [0.1, 0.15) is 19.8 Å². The van der Waals surface area contributed by atoms with Gasteiger partial charge in [-0.2, -0.15) is 0 Å². The van der Waals surface area contributed by atoms with Gasteiger partial charge in [-0.3, -0.25) is 0 Å². The summed E-state index contributed by atoms with van der Waals surface area (Å²) in [5.74, 6) is 0.917. The summed E-state index contributed by atoms with van der Waals surface area (Å²) in [6, 6.07) is 8.41. The Hall–Kier alpha value is -1.42. The number of nitrogens with one attached hydrogen (secondary N) is 1. The van der Waals surface area contributed by atoms with Crippen molar-refractivity contribution in [2.45, 2.75) is 31.2 Å². The third-order valence-corrected chi connectivity index (χ3v) is 3.56. The summed E-state index contributed by atoms with van der Waals surface area (Å²) in [6.07, 6.45) is 8.32.